The lowest BCUT2D eigenvalue weighted by Crippen LogP contribution is -2.55. The average molecular weight is 528 g/mol. The van der Waals surface area contributed by atoms with E-state index in [9.17, 15) is 4.39 Å². The molecule has 0 spiro atoms. The van der Waals surface area contributed by atoms with Gasteiger partial charge in [0.15, 0.2) is 23.3 Å². The molecule has 0 unspecified atom stereocenters. The number of aromatic nitrogens is 6. The Morgan fingerprint density at radius 3 is 2.76 bits per heavy atom. The summed E-state index contributed by atoms with van der Waals surface area (Å²) >= 11 is 0. The Hall–Kier alpha value is -3.45. The van der Waals surface area contributed by atoms with E-state index < -0.39 is 11.6 Å². The number of rotatable bonds is 7. The predicted molar refractivity (Wildman–Crippen MR) is 135 cm³/mol. The Labute approximate surface area is 218 Å². The SMILES string of the molecule is Cc1nnnn1-c1cc(Nc2ncc(F)c(N[C@@H]3C[C@@H]4CCCN4C(C)(C)C3)n2)c(F)cc1OC1COC1. The lowest BCUT2D eigenvalue weighted by atomic mass is 9.84. The summed E-state index contributed by atoms with van der Waals surface area (Å²) < 4.78 is 42.5. The van der Waals surface area contributed by atoms with E-state index in [-0.39, 0.29) is 40.9 Å². The van der Waals surface area contributed by atoms with Crippen molar-refractivity contribution < 1.29 is 18.3 Å². The van der Waals surface area contributed by atoms with Crippen molar-refractivity contribution in [3.63, 3.8) is 0 Å². The Bertz CT molecular complexity index is 1330. The van der Waals surface area contributed by atoms with E-state index in [1.165, 1.54) is 23.2 Å². The third-order valence-corrected chi connectivity index (χ3v) is 7.59. The quantitative estimate of drug-likeness (QED) is 0.474. The summed E-state index contributed by atoms with van der Waals surface area (Å²) in [5.74, 6) is -0.216. The molecule has 13 heteroatoms. The predicted octanol–water partition coefficient (Wildman–Crippen LogP) is 3.38. The van der Waals surface area contributed by atoms with Crippen LogP contribution < -0.4 is 15.4 Å². The number of ether oxygens (including phenoxy) is 2. The molecule has 3 aliphatic heterocycles. The maximum atomic E-state index is 15.2. The number of benzene rings is 1. The summed E-state index contributed by atoms with van der Waals surface area (Å²) in [4.78, 5) is 11.0. The van der Waals surface area contributed by atoms with Crippen molar-refractivity contribution in [3.05, 3.63) is 35.8 Å². The van der Waals surface area contributed by atoms with Gasteiger partial charge in [-0.3, -0.25) is 4.90 Å². The average Bonchev–Trinajstić information content (AvgIpc) is 3.49. The van der Waals surface area contributed by atoms with Crippen LogP contribution in [0, 0.1) is 18.6 Å². The highest BCUT2D eigenvalue weighted by molar-refractivity contribution is 5.64. The standard InChI is InChI=1S/C25H31F2N9O2/c1-14-32-33-34-36(14)21-9-20(18(26)8-22(21)38-17-12-37-13-17)30-24-28-11-19(27)23(31-24)29-15-7-16-5-4-6-35(16)25(2,3)10-15/h8-9,11,15-17H,4-7,10,12-13H2,1-3H3,(H2,28,29,30,31)/t15-,16+/m1/s1. The zero-order chi connectivity index (χ0) is 26.4. The normalized spacial score (nSPS) is 23.1. The number of tetrazole rings is 1. The van der Waals surface area contributed by atoms with Gasteiger partial charge >= 0.3 is 0 Å². The first-order chi connectivity index (χ1) is 18.3. The first-order valence-corrected chi connectivity index (χ1v) is 12.9. The van der Waals surface area contributed by atoms with Crippen molar-refractivity contribution in [1.29, 1.82) is 0 Å². The van der Waals surface area contributed by atoms with Gasteiger partial charge in [0.05, 0.1) is 25.1 Å². The maximum absolute atomic E-state index is 15.2. The van der Waals surface area contributed by atoms with Gasteiger partial charge in [-0.25, -0.2) is 13.8 Å². The van der Waals surface area contributed by atoms with Crippen LogP contribution in [-0.4, -0.2) is 78.6 Å². The van der Waals surface area contributed by atoms with E-state index in [0.717, 1.165) is 32.0 Å². The lowest BCUT2D eigenvalue weighted by Gasteiger charge is -2.47. The minimum Gasteiger partial charge on any atom is -0.483 e. The third-order valence-electron chi connectivity index (χ3n) is 7.59. The molecule has 2 N–H and O–H groups in total. The molecule has 0 aliphatic carbocycles. The van der Waals surface area contributed by atoms with Gasteiger partial charge < -0.3 is 20.1 Å². The molecule has 0 saturated carbocycles. The van der Waals surface area contributed by atoms with Crippen LogP contribution in [0.15, 0.2) is 18.3 Å². The summed E-state index contributed by atoms with van der Waals surface area (Å²) in [6, 6.07) is 3.33. The van der Waals surface area contributed by atoms with Crippen LogP contribution >= 0.6 is 0 Å². The number of hydrogen-bond donors (Lipinski definition) is 2. The number of hydrogen-bond acceptors (Lipinski definition) is 10. The highest BCUT2D eigenvalue weighted by atomic mass is 19.1. The van der Waals surface area contributed by atoms with Crippen LogP contribution in [0.25, 0.3) is 5.69 Å². The first kappa shape index (κ1) is 24.9. The van der Waals surface area contributed by atoms with Gasteiger partial charge in [-0.1, -0.05) is 0 Å². The van der Waals surface area contributed by atoms with Crippen molar-refractivity contribution in [3.8, 4) is 11.4 Å². The minimum atomic E-state index is -0.590. The van der Waals surface area contributed by atoms with Crippen molar-refractivity contribution in [1.82, 2.24) is 35.1 Å². The fourth-order valence-corrected chi connectivity index (χ4v) is 5.78. The summed E-state index contributed by atoms with van der Waals surface area (Å²) in [5.41, 5.74) is 0.532. The maximum Gasteiger partial charge on any atom is 0.229 e. The van der Waals surface area contributed by atoms with Crippen LogP contribution in [0.1, 0.15) is 45.4 Å². The van der Waals surface area contributed by atoms with E-state index >= 15 is 4.39 Å². The Balaban J connectivity index is 1.25. The molecule has 5 heterocycles. The lowest BCUT2D eigenvalue weighted by molar-refractivity contribution is -0.0797. The molecule has 38 heavy (non-hydrogen) atoms. The van der Waals surface area contributed by atoms with Crippen LogP contribution in [-0.2, 0) is 4.74 Å². The molecule has 3 fully saturated rings. The summed E-state index contributed by atoms with van der Waals surface area (Å²) in [6.07, 6.45) is 5.03. The molecule has 202 valence electrons. The molecule has 0 radical (unpaired) electrons. The van der Waals surface area contributed by atoms with Gasteiger partial charge in [0.25, 0.3) is 0 Å². The van der Waals surface area contributed by atoms with Crippen LogP contribution in [0.3, 0.4) is 0 Å². The largest absolute Gasteiger partial charge is 0.483 e. The minimum absolute atomic E-state index is 0.0188. The molecule has 1 aromatic carbocycles. The van der Waals surface area contributed by atoms with Gasteiger partial charge in [-0.05, 0) is 69.5 Å². The summed E-state index contributed by atoms with van der Waals surface area (Å²) in [6.45, 7) is 8.15. The Morgan fingerprint density at radius 1 is 1.18 bits per heavy atom. The molecule has 2 atom stereocenters. The molecular formula is C25H31F2N9O2. The van der Waals surface area contributed by atoms with E-state index in [1.807, 2.05) is 0 Å². The van der Waals surface area contributed by atoms with Gasteiger partial charge in [0.2, 0.25) is 5.95 Å². The fourth-order valence-electron chi connectivity index (χ4n) is 5.78. The van der Waals surface area contributed by atoms with Crippen molar-refractivity contribution in [2.75, 3.05) is 30.4 Å². The number of nitrogens with zero attached hydrogens (tertiary/aromatic N) is 7. The molecule has 3 aliphatic rings. The number of aryl methyl sites for hydroxylation is 1. The molecule has 2 aromatic heterocycles. The molecular weight excluding hydrogens is 496 g/mol. The van der Waals surface area contributed by atoms with E-state index in [2.05, 4.69) is 54.9 Å². The second kappa shape index (κ2) is 9.70. The third kappa shape index (κ3) is 4.75. The molecule has 3 saturated heterocycles. The van der Waals surface area contributed by atoms with Gasteiger partial charge in [0.1, 0.15) is 17.5 Å². The smallest absolute Gasteiger partial charge is 0.229 e. The summed E-state index contributed by atoms with van der Waals surface area (Å²) in [5, 5.41) is 17.8. The number of nitrogens with one attached hydrogen (secondary N) is 2. The molecule has 0 amide bonds. The number of anilines is 3. The highest BCUT2D eigenvalue weighted by Crippen LogP contribution is 2.39. The zero-order valence-corrected chi connectivity index (χ0v) is 21.6. The molecule has 3 aromatic rings. The van der Waals surface area contributed by atoms with Crippen molar-refractivity contribution >= 4 is 17.5 Å². The van der Waals surface area contributed by atoms with E-state index in [0.29, 0.717) is 30.8 Å². The topological polar surface area (TPSA) is 115 Å². The monoisotopic (exact) mass is 527 g/mol. The number of halogens is 2. The summed E-state index contributed by atoms with van der Waals surface area (Å²) in [7, 11) is 0. The second-order valence-electron chi connectivity index (χ2n) is 10.8. The van der Waals surface area contributed by atoms with E-state index in [4.69, 9.17) is 9.47 Å². The van der Waals surface area contributed by atoms with E-state index in [1.54, 1.807) is 6.92 Å². The molecule has 6 rings (SSSR count). The number of fused-ring (bicyclic) bond motifs is 1. The first-order valence-electron chi connectivity index (χ1n) is 12.9. The Morgan fingerprint density at radius 2 is 2.03 bits per heavy atom. The van der Waals surface area contributed by atoms with Gasteiger partial charge in [-0.15, -0.1) is 5.10 Å². The van der Waals surface area contributed by atoms with Crippen molar-refractivity contribution in [2.45, 2.75) is 70.2 Å². The van der Waals surface area contributed by atoms with Crippen LogP contribution in [0.2, 0.25) is 0 Å². The van der Waals surface area contributed by atoms with Gasteiger partial charge in [-0.2, -0.15) is 9.67 Å². The molecule has 11 nitrogen and oxygen atoms in total. The number of piperidine rings is 1. The van der Waals surface area contributed by atoms with Gasteiger partial charge in [0, 0.05) is 23.7 Å². The Kier molecular flexibility index (Phi) is 6.34. The van der Waals surface area contributed by atoms with Crippen molar-refractivity contribution in [2.24, 2.45) is 0 Å². The highest BCUT2D eigenvalue weighted by Gasteiger charge is 2.43. The van der Waals surface area contributed by atoms with Crippen LogP contribution in [0.5, 0.6) is 5.75 Å². The zero-order valence-electron chi connectivity index (χ0n) is 21.6. The molecule has 0 bridgehead atoms. The fraction of sp³-hybridized carbons (Fsp3) is 0.560. The second-order valence-corrected chi connectivity index (χ2v) is 10.8. The van der Waals surface area contributed by atoms with Crippen LogP contribution in [0.4, 0.5) is 26.2 Å².